The quantitative estimate of drug-likeness (QED) is 0.344. The Morgan fingerprint density at radius 2 is 1.41 bits per heavy atom. The molecule has 0 heterocycles. The van der Waals surface area contributed by atoms with Crippen LogP contribution < -0.4 is 18.9 Å². The van der Waals surface area contributed by atoms with E-state index in [4.69, 9.17) is 30.5 Å². The number of halogens is 1. The Kier molecular flexibility index (Phi) is 6.59. The van der Waals surface area contributed by atoms with Crippen LogP contribution in [0.3, 0.4) is 0 Å². The molecule has 3 aromatic carbocycles. The molecule has 6 nitrogen and oxygen atoms in total. The number of carbonyl (C=O) groups is 1. The highest BCUT2D eigenvalue weighted by molar-refractivity contribution is 6.32. The zero-order valence-corrected chi connectivity index (χ0v) is 16.6. The first kappa shape index (κ1) is 20.5. The van der Waals surface area contributed by atoms with E-state index in [2.05, 4.69) is 0 Å². The average Bonchev–Trinajstić information content (AvgIpc) is 2.75. The molecule has 0 aliphatic rings. The zero-order chi connectivity index (χ0) is 20.8. The van der Waals surface area contributed by atoms with E-state index < -0.39 is 12.3 Å². The molecule has 0 saturated carbocycles. The smallest absolute Gasteiger partial charge is 0.343 e. The Bertz CT molecular complexity index is 970. The van der Waals surface area contributed by atoms with Crippen molar-refractivity contribution in [1.29, 1.82) is 0 Å². The highest BCUT2D eigenvalue weighted by Crippen LogP contribution is 2.31. The van der Waals surface area contributed by atoms with Gasteiger partial charge in [0.2, 0.25) is 6.29 Å². The van der Waals surface area contributed by atoms with Crippen LogP contribution in [0.15, 0.2) is 66.7 Å². The topological polar surface area (TPSA) is 74.2 Å². The number of esters is 1. The number of carbonyl (C=O) groups excluding carboxylic acids is 1. The van der Waals surface area contributed by atoms with E-state index in [1.54, 1.807) is 68.8 Å². The van der Waals surface area contributed by atoms with E-state index in [1.807, 2.05) is 0 Å². The van der Waals surface area contributed by atoms with Crippen molar-refractivity contribution in [3.05, 3.63) is 82.9 Å². The van der Waals surface area contributed by atoms with Crippen molar-refractivity contribution in [2.45, 2.75) is 6.29 Å². The number of aliphatic hydroxyl groups excluding tert-OH is 1. The van der Waals surface area contributed by atoms with Gasteiger partial charge in [-0.3, -0.25) is 0 Å². The Morgan fingerprint density at radius 1 is 0.862 bits per heavy atom. The fourth-order valence-electron chi connectivity index (χ4n) is 2.49. The fourth-order valence-corrected chi connectivity index (χ4v) is 2.70. The molecule has 0 saturated heterocycles. The summed E-state index contributed by atoms with van der Waals surface area (Å²) in [5, 5.41) is 10.4. The second-order valence-electron chi connectivity index (χ2n) is 5.95. The van der Waals surface area contributed by atoms with Crippen LogP contribution in [0.25, 0.3) is 0 Å². The van der Waals surface area contributed by atoms with E-state index in [9.17, 15) is 9.90 Å². The normalized spacial score (nSPS) is 11.4. The lowest BCUT2D eigenvalue weighted by Gasteiger charge is -2.15. The molecule has 1 atom stereocenters. The van der Waals surface area contributed by atoms with Gasteiger partial charge in [0.1, 0.15) is 23.0 Å². The molecule has 3 aromatic rings. The van der Waals surface area contributed by atoms with Crippen molar-refractivity contribution >= 4 is 17.6 Å². The van der Waals surface area contributed by atoms with Crippen molar-refractivity contribution in [2.24, 2.45) is 0 Å². The van der Waals surface area contributed by atoms with Gasteiger partial charge in [-0.15, -0.1) is 0 Å². The number of aliphatic hydroxyl groups is 1. The van der Waals surface area contributed by atoms with E-state index in [1.165, 1.54) is 12.1 Å². The predicted molar refractivity (Wildman–Crippen MR) is 108 cm³/mol. The van der Waals surface area contributed by atoms with E-state index in [-0.39, 0.29) is 10.8 Å². The first-order valence-corrected chi connectivity index (χ1v) is 9.02. The van der Waals surface area contributed by atoms with E-state index in [0.29, 0.717) is 28.4 Å². The minimum atomic E-state index is -1.19. The van der Waals surface area contributed by atoms with Gasteiger partial charge in [-0.05, 0) is 60.7 Å². The van der Waals surface area contributed by atoms with Gasteiger partial charge in [0, 0.05) is 11.6 Å². The van der Waals surface area contributed by atoms with Crippen molar-refractivity contribution in [2.75, 3.05) is 14.2 Å². The Balaban J connectivity index is 1.66. The minimum absolute atomic E-state index is 0.172. The second kappa shape index (κ2) is 9.32. The molecule has 3 rings (SSSR count). The molecule has 0 amide bonds. The number of hydrogen-bond donors (Lipinski definition) is 1. The van der Waals surface area contributed by atoms with Gasteiger partial charge in [-0.1, -0.05) is 11.6 Å². The third-order valence-corrected chi connectivity index (χ3v) is 4.38. The minimum Gasteiger partial charge on any atom is -0.497 e. The molecule has 0 aliphatic carbocycles. The van der Waals surface area contributed by atoms with Crippen LogP contribution in [0.4, 0.5) is 0 Å². The molecule has 0 aromatic heterocycles. The molecule has 1 N–H and O–H groups in total. The molecule has 0 bridgehead atoms. The van der Waals surface area contributed by atoms with Gasteiger partial charge in [0.05, 0.1) is 24.8 Å². The molecular formula is C22H19ClO6. The SMILES string of the molecule is COc1ccc(C(=O)Oc2ccc(OC(O)c3ccc(OC)cc3)cc2Cl)cc1. The maximum Gasteiger partial charge on any atom is 0.343 e. The van der Waals surface area contributed by atoms with Crippen LogP contribution in [0.1, 0.15) is 22.2 Å². The summed E-state index contributed by atoms with van der Waals surface area (Å²) < 4.78 is 21.0. The highest BCUT2D eigenvalue weighted by atomic mass is 35.5. The van der Waals surface area contributed by atoms with Crippen molar-refractivity contribution in [1.82, 2.24) is 0 Å². The first-order chi connectivity index (χ1) is 14.0. The summed E-state index contributed by atoms with van der Waals surface area (Å²) in [4.78, 5) is 12.3. The lowest BCUT2D eigenvalue weighted by molar-refractivity contribution is -0.0194. The first-order valence-electron chi connectivity index (χ1n) is 8.64. The number of benzene rings is 3. The lowest BCUT2D eigenvalue weighted by Crippen LogP contribution is -2.09. The Hall–Kier alpha value is -3.22. The van der Waals surface area contributed by atoms with Gasteiger partial charge in [0.15, 0.2) is 0 Å². The molecule has 29 heavy (non-hydrogen) atoms. The molecule has 0 spiro atoms. The molecule has 1 unspecified atom stereocenters. The summed E-state index contributed by atoms with van der Waals surface area (Å²) in [6, 6.07) is 17.8. The average molecular weight is 415 g/mol. The van der Waals surface area contributed by atoms with Gasteiger partial charge in [-0.25, -0.2) is 4.79 Å². The van der Waals surface area contributed by atoms with Crippen LogP contribution in [0, 0.1) is 0 Å². The maximum atomic E-state index is 12.3. The summed E-state index contributed by atoms with van der Waals surface area (Å²) >= 11 is 6.20. The van der Waals surface area contributed by atoms with Crippen LogP contribution >= 0.6 is 11.6 Å². The monoisotopic (exact) mass is 414 g/mol. The number of rotatable bonds is 7. The van der Waals surface area contributed by atoms with Crippen LogP contribution in [0.2, 0.25) is 5.02 Å². The number of ether oxygens (including phenoxy) is 4. The predicted octanol–water partition coefficient (Wildman–Crippen LogP) is 4.65. The van der Waals surface area contributed by atoms with Crippen molar-refractivity contribution < 1.29 is 28.8 Å². The van der Waals surface area contributed by atoms with Crippen molar-refractivity contribution in [3.8, 4) is 23.0 Å². The maximum absolute atomic E-state index is 12.3. The molecule has 0 radical (unpaired) electrons. The van der Waals surface area contributed by atoms with Gasteiger partial charge >= 0.3 is 5.97 Å². The molecular weight excluding hydrogens is 396 g/mol. The third kappa shape index (κ3) is 5.19. The van der Waals surface area contributed by atoms with Gasteiger partial charge in [-0.2, -0.15) is 0 Å². The standard InChI is InChI=1S/C22H19ClO6/c1-26-16-7-3-14(4-8-16)21(24)28-18-11-12-20(19(23)13-18)29-22(25)15-5-9-17(27-2)10-6-15/h3-13,21,24H,1-2H3. The lowest BCUT2D eigenvalue weighted by atomic mass is 10.2. The molecule has 7 heteroatoms. The zero-order valence-electron chi connectivity index (χ0n) is 15.8. The van der Waals surface area contributed by atoms with E-state index >= 15 is 0 Å². The second-order valence-corrected chi connectivity index (χ2v) is 6.36. The third-order valence-electron chi connectivity index (χ3n) is 4.08. The molecule has 0 aliphatic heterocycles. The van der Waals surface area contributed by atoms with Gasteiger partial charge in [0.25, 0.3) is 0 Å². The van der Waals surface area contributed by atoms with Crippen LogP contribution in [-0.4, -0.2) is 25.3 Å². The van der Waals surface area contributed by atoms with Crippen LogP contribution in [0.5, 0.6) is 23.0 Å². The number of hydrogen-bond acceptors (Lipinski definition) is 6. The van der Waals surface area contributed by atoms with Gasteiger partial charge < -0.3 is 24.1 Å². The largest absolute Gasteiger partial charge is 0.497 e. The molecule has 150 valence electrons. The Morgan fingerprint density at radius 3 is 1.97 bits per heavy atom. The summed E-state index contributed by atoms with van der Waals surface area (Å²) in [5.41, 5.74) is 0.911. The summed E-state index contributed by atoms with van der Waals surface area (Å²) in [6.45, 7) is 0. The Labute approximate surface area is 173 Å². The van der Waals surface area contributed by atoms with Crippen LogP contribution in [-0.2, 0) is 0 Å². The highest BCUT2D eigenvalue weighted by Gasteiger charge is 2.14. The molecule has 0 fully saturated rings. The summed E-state index contributed by atoms with van der Waals surface area (Å²) in [6.07, 6.45) is -1.19. The summed E-state index contributed by atoms with van der Waals surface area (Å²) in [7, 11) is 3.11. The summed E-state index contributed by atoms with van der Waals surface area (Å²) in [5.74, 6) is 1.26. The fraction of sp³-hybridized carbons (Fsp3) is 0.136. The van der Waals surface area contributed by atoms with Crippen molar-refractivity contribution in [3.63, 3.8) is 0 Å². The number of methoxy groups -OCH3 is 2. The van der Waals surface area contributed by atoms with E-state index in [0.717, 1.165) is 0 Å².